The van der Waals surface area contributed by atoms with Crippen molar-refractivity contribution in [1.82, 2.24) is 23.7 Å². The van der Waals surface area contributed by atoms with E-state index in [0.717, 1.165) is 78.3 Å². The number of anilines is 8. The van der Waals surface area contributed by atoms with Crippen molar-refractivity contribution in [1.29, 1.82) is 0 Å². The minimum Gasteiger partial charge on any atom is -0.506 e. The van der Waals surface area contributed by atoms with Gasteiger partial charge in [0.2, 0.25) is 11.9 Å². The van der Waals surface area contributed by atoms with Crippen LogP contribution in [0.3, 0.4) is 0 Å². The number of phenolic OH excluding ortho intramolecular Hbond substituents is 1. The molecule has 0 aliphatic carbocycles. The first-order valence-corrected chi connectivity index (χ1v) is 27.1. The molecule has 0 fully saturated rings. The first-order chi connectivity index (χ1) is 33.9. The molecule has 0 saturated carbocycles. The van der Waals surface area contributed by atoms with Crippen LogP contribution in [0.2, 0.25) is 0 Å². The van der Waals surface area contributed by atoms with E-state index in [-0.39, 0.29) is 16.6 Å². The van der Waals surface area contributed by atoms with Crippen molar-refractivity contribution >= 4 is 133 Å². The van der Waals surface area contributed by atoms with Gasteiger partial charge < -0.3 is 41.7 Å². The second-order valence-corrected chi connectivity index (χ2v) is 20.4. The predicted molar refractivity (Wildman–Crippen MR) is 282 cm³/mol. The number of nitrogens with one attached hydrogen (secondary N) is 2. The number of rotatable bonds is 18. The lowest BCUT2D eigenvalue weighted by molar-refractivity contribution is 0.398. The first kappa shape index (κ1) is 51.9. The fourth-order valence-electron chi connectivity index (χ4n) is 7.09. The molecule has 5 aromatic carbocycles. The smallest absolute Gasteiger partial charge is 0.298 e. The maximum Gasteiger partial charge on any atom is 0.298 e. The number of aromatic hydroxyl groups is 1. The number of aromatic nitrogens is 5. The van der Waals surface area contributed by atoms with Gasteiger partial charge in [-0.3, -0.25) is 9.11 Å². The van der Waals surface area contributed by atoms with Gasteiger partial charge in [-0.25, -0.2) is 0 Å². The highest BCUT2D eigenvalue weighted by atomic mass is 32.2. The highest BCUT2D eigenvalue weighted by molar-refractivity contribution is 7.98. The third-order valence-electron chi connectivity index (χ3n) is 10.7. The molecule has 0 spiro atoms. The van der Waals surface area contributed by atoms with E-state index in [0.29, 0.717) is 71.4 Å². The third-order valence-corrected chi connectivity index (χ3v) is 14.9. The fraction of sp³-hybridized carbons (Fsp3) is 0.222. The predicted octanol–water partition coefficient (Wildman–Crippen LogP) is 10.0. The lowest BCUT2D eigenvalue weighted by Crippen LogP contribution is -2.21. The quantitative estimate of drug-likeness (QED) is 0.0182. The van der Waals surface area contributed by atoms with E-state index in [1.54, 1.807) is 0 Å². The number of nitrogen functional groups attached to an aromatic ring is 2. The van der Waals surface area contributed by atoms with Gasteiger partial charge in [0.1, 0.15) is 32.0 Å². The molecule has 0 saturated heterocycles. The van der Waals surface area contributed by atoms with Gasteiger partial charge in [0.25, 0.3) is 20.2 Å². The zero-order valence-electron chi connectivity index (χ0n) is 38.8. The summed E-state index contributed by atoms with van der Waals surface area (Å²) in [6.45, 7) is 11.6. The number of benzene rings is 5. The molecule has 26 heteroatoms. The molecule has 0 unspecified atom stereocenters. The number of nitrogens with two attached hydrogens (primary N) is 2. The van der Waals surface area contributed by atoms with E-state index in [2.05, 4.69) is 79.2 Å². The van der Waals surface area contributed by atoms with Crippen LogP contribution in [0.4, 0.5) is 56.0 Å². The van der Waals surface area contributed by atoms with Crippen LogP contribution in [0, 0.1) is 0 Å². The molecule has 8 rings (SSSR count). The standard InChI is InChI=1S/C38H43N11O4S3.C7H6N2O4S2/c1-6-48(7-2)25-15-17-28(39)31(19-25)40-36-42-37(44-38(43-36)54-23-24-13-11-10-12-14-24)41-32-20-26(49(8-3)9-4)16-18-29(32)45-46-35-27-21-33(53-5)34(56(50,51)52)22-30(27)47-55-35;8-7-3-1-5(10)6(15(11,12)13)2-4(3)9-14-7/h10-22H,6-9,23,39H2,1-5H3,(H,50,51,52)(H2,40,41,42,43,44);1-2,10H,8H2,(H,11,12,13). The summed E-state index contributed by atoms with van der Waals surface area (Å²) in [7, 11) is -7.67. The molecule has 0 amide bonds. The first-order valence-electron chi connectivity index (χ1n) is 21.6. The molecule has 3 aromatic heterocycles. The molecule has 0 aliphatic heterocycles. The molecule has 0 radical (unpaired) electrons. The van der Waals surface area contributed by atoms with E-state index < -0.39 is 30.9 Å². The van der Waals surface area contributed by atoms with Crippen molar-refractivity contribution in [2.75, 3.05) is 65.2 Å². The van der Waals surface area contributed by atoms with Crippen molar-refractivity contribution in [3.8, 4) is 11.5 Å². The van der Waals surface area contributed by atoms with Gasteiger partial charge in [0.05, 0.1) is 35.2 Å². The Balaban J connectivity index is 0.000000419. The van der Waals surface area contributed by atoms with E-state index in [1.165, 1.54) is 31.0 Å². The van der Waals surface area contributed by atoms with Crippen LogP contribution in [0.1, 0.15) is 33.3 Å². The summed E-state index contributed by atoms with van der Waals surface area (Å²) < 4.78 is 77.6. The SMILES string of the molecule is CCN(CC)c1ccc(N)c(Nc2nc(Nc3cc(N(CC)CC)ccc3N=Nc3snc4cc(S(=O)(=O)O)c(OC)cc34)nc(SCc3ccccc3)n2)c1.Nc1snc2cc(S(=O)(=O)O)c(O)cc12. The molecule has 372 valence electrons. The second-order valence-electron chi connectivity index (χ2n) is 15.1. The number of azo groups is 1. The summed E-state index contributed by atoms with van der Waals surface area (Å²) in [6, 6.07) is 26.7. The maximum atomic E-state index is 12.0. The lowest BCUT2D eigenvalue weighted by Gasteiger charge is -2.22. The van der Waals surface area contributed by atoms with E-state index >= 15 is 0 Å². The fourth-order valence-corrected chi connectivity index (χ4v) is 10.4. The number of hydrogen-bond donors (Lipinski definition) is 7. The molecule has 0 aliphatic rings. The average Bonchev–Trinajstić information content (AvgIpc) is 3.92. The number of ether oxygens (including phenoxy) is 1. The third kappa shape index (κ3) is 12.5. The highest BCUT2D eigenvalue weighted by Crippen LogP contribution is 2.40. The van der Waals surface area contributed by atoms with Crippen LogP contribution in [-0.2, 0) is 26.0 Å². The number of phenols is 1. The molecular formula is C45H49N13O8S5. The molecule has 8 aromatic rings. The zero-order valence-corrected chi connectivity index (χ0v) is 42.9. The number of nitrogens with zero attached hydrogens (tertiary/aromatic N) is 9. The topological polar surface area (TPSA) is 310 Å². The molecule has 0 atom stereocenters. The van der Waals surface area contributed by atoms with Crippen molar-refractivity contribution < 1.29 is 35.8 Å². The summed E-state index contributed by atoms with van der Waals surface area (Å²) in [6.07, 6.45) is 0. The number of methoxy groups -OCH3 is 1. The van der Waals surface area contributed by atoms with Crippen molar-refractivity contribution in [2.24, 2.45) is 10.2 Å². The van der Waals surface area contributed by atoms with Crippen LogP contribution in [0.5, 0.6) is 11.5 Å². The van der Waals surface area contributed by atoms with Crippen LogP contribution < -0.4 is 36.6 Å². The summed E-state index contributed by atoms with van der Waals surface area (Å²) in [5.74, 6) is 0.634. The molecule has 21 nitrogen and oxygen atoms in total. The van der Waals surface area contributed by atoms with Crippen molar-refractivity contribution in [2.45, 2.75) is 48.4 Å². The van der Waals surface area contributed by atoms with Crippen molar-refractivity contribution in [3.63, 3.8) is 0 Å². The second kappa shape index (κ2) is 22.4. The van der Waals surface area contributed by atoms with Gasteiger partial charge in [0.15, 0.2) is 10.2 Å². The average molecular weight is 1060 g/mol. The number of hydrogen-bond acceptors (Lipinski definition) is 22. The van der Waals surface area contributed by atoms with Gasteiger partial charge in [-0.2, -0.15) is 40.5 Å². The largest absolute Gasteiger partial charge is 0.506 e. The van der Waals surface area contributed by atoms with Gasteiger partial charge in [-0.1, -0.05) is 42.1 Å². The molecule has 0 bridgehead atoms. The zero-order chi connectivity index (χ0) is 51.0. The maximum absolute atomic E-state index is 12.0. The lowest BCUT2D eigenvalue weighted by atomic mass is 10.2. The van der Waals surface area contributed by atoms with Gasteiger partial charge >= 0.3 is 0 Å². The van der Waals surface area contributed by atoms with Gasteiger partial charge in [0, 0.05) is 54.1 Å². The van der Waals surface area contributed by atoms with Crippen LogP contribution in [-0.4, -0.2) is 88.0 Å². The van der Waals surface area contributed by atoms with E-state index in [1.807, 2.05) is 54.6 Å². The summed E-state index contributed by atoms with van der Waals surface area (Å²) in [4.78, 5) is 17.8. The molecule has 71 heavy (non-hydrogen) atoms. The summed E-state index contributed by atoms with van der Waals surface area (Å²) in [5.41, 5.74) is 18.0. The summed E-state index contributed by atoms with van der Waals surface area (Å²) in [5, 5.41) is 27.5. The van der Waals surface area contributed by atoms with E-state index in [9.17, 15) is 26.5 Å². The molecule has 3 heterocycles. The molecular weight excluding hydrogens is 1010 g/mol. The van der Waals surface area contributed by atoms with Gasteiger partial charge in [-0.05, 0) is 117 Å². The Morgan fingerprint density at radius 2 is 1.27 bits per heavy atom. The Bertz CT molecular complexity index is 3440. The van der Waals surface area contributed by atoms with Crippen molar-refractivity contribution in [3.05, 3.63) is 96.6 Å². The Morgan fingerprint density at radius 1 is 0.690 bits per heavy atom. The number of fused-ring (bicyclic) bond motifs is 2. The Morgan fingerprint density at radius 3 is 1.89 bits per heavy atom. The monoisotopic (exact) mass is 1060 g/mol. The normalized spacial score (nSPS) is 11.7. The minimum atomic E-state index is -4.54. The van der Waals surface area contributed by atoms with Crippen LogP contribution >= 0.6 is 34.8 Å². The Kier molecular flexibility index (Phi) is 16.4. The van der Waals surface area contributed by atoms with E-state index in [4.69, 9.17) is 35.7 Å². The number of thioether (sulfide) groups is 1. The van der Waals surface area contributed by atoms with Gasteiger partial charge in [-0.15, -0.1) is 10.2 Å². The van der Waals surface area contributed by atoms with Crippen LogP contribution in [0.25, 0.3) is 21.8 Å². The summed E-state index contributed by atoms with van der Waals surface area (Å²) >= 11 is 3.49. The minimum absolute atomic E-state index is 0.0377. The highest BCUT2D eigenvalue weighted by Gasteiger charge is 2.22. The van der Waals surface area contributed by atoms with Crippen LogP contribution in [0.15, 0.2) is 116 Å². The Hall–Kier alpha value is -6.94. The Labute approximate surface area is 421 Å². The molecule has 9 N–H and O–H groups in total.